The molecule has 0 N–H and O–H groups in total. The van der Waals surface area contributed by atoms with E-state index in [1.807, 2.05) is 0 Å². The number of rotatable bonds is 4. The number of carbonyl (C=O) groups excluding carboxylic acids is 2. The van der Waals surface area contributed by atoms with Gasteiger partial charge in [0.1, 0.15) is 12.2 Å². The van der Waals surface area contributed by atoms with Crippen molar-refractivity contribution in [2.24, 2.45) is 22.7 Å². The van der Waals surface area contributed by atoms with Gasteiger partial charge in [0.05, 0.1) is 7.11 Å². The van der Waals surface area contributed by atoms with Crippen LogP contribution in [0.2, 0.25) is 0 Å². The summed E-state index contributed by atoms with van der Waals surface area (Å²) in [5, 5.41) is 0. The number of fused-ring (bicyclic) bond motifs is 1. The molecule has 0 radical (unpaired) electrons. The maximum atomic E-state index is 12.3. The first-order valence-electron chi connectivity index (χ1n) is 8.47. The van der Waals surface area contributed by atoms with Crippen molar-refractivity contribution >= 4 is 11.8 Å². The SMILES string of the molecule is C=C1CC[C@H]2C(C)(C)CCC[C@]2(C)[C@H]1CC(=O)CC(=O)OC. The molecule has 0 saturated heterocycles. The summed E-state index contributed by atoms with van der Waals surface area (Å²) in [6.07, 6.45) is 6.18. The molecule has 0 aromatic carbocycles. The van der Waals surface area contributed by atoms with Crippen LogP contribution in [0.1, 0.15) is 65.7 Å². The molecule has 0 bridgehead atoms. The molecule has 0 aliphatic heterocycles. The van der Waals surface area contributed by atoms with Crippen LogP contribution >= 0.6 is 0 Å². The fraction of sp³-hybridized carbons (Fsp3) is 0.789. The fourth-order valence-electron chi connectivity index (χ4n) is 5.18. The number of ketones is 1. The average Bonchev–Trinajstić information content (AvgIpc) is 2.41. The summed E-state index contributed by atoms with van der Waals surface area (Å²) in [6, 6.07) is 0. The Balaban J connectivity index is 2.19. The van der Waals surface area contributed by atoms with Gasteiger partial charge >= 0.3 is 5.97 Å². The maximum absolute atomic E-state index is 12.3. The average molecular weight is 306 g/mol. The molecular weight excluding hydrogens is 276 g/mol. The quantitative estimate of drug-likeness (QED) is 0.441. The van der Waals surface area contributed by atoms with Crippen LogP contribution in [-0.2, 0) is 14.3 Å². The second-order valence-corrected chi connectivity index (χ2v) is 8.15. The number of hydrogen-bond acceptors (Lipinski definition) is 3. The van der Waals surface area contributed by atoms with Gasteiger partial charge in [0, 0.05) is 6.42 Å². The van der Waals surface area contributed by atoms with E-state index in [4.69, 9.17) is 0 Å². The first-order valence-corrected chi connectivity index (χ1v) is 8.47. The van der Waals surface area contributed by atoms with Crippen molar-refractivity contribution in [1.29, 1.82) is 0 Å². The summed E-state index contributed by atoms with van der Waals surface area (Å²) in [6.45, 7) is 11.4. The minimum Gasteiger partial charge on any atom is -0.469 e. The lowest BCUT2D eigenvalue weighted by atomic mass is 9.47. The summed E-state index contributed by atoms with van der Waals surface area (Å²) >= 11 is 0. The minimum absolute atomic E-state index is 0.0109. The molecule has 2 saturated carbocycles. The number of allylic oxidation sites excluding steroid dienone is 1. The summed E-state index contributed by atoms with van der Waals surface area (Å²) < 4.78 is 4.62. The molecule has 2 aliphatic carbocycles. The van der Waals surface area contributed by atoms with E-state index in [0.717, 1.165) is 12.8 Å². The van der Waals surface area contributed by atoms with E-state index in [-0.39, 0.29) is 23.5 Å². The highest BCUT2D eigenvalue weighted by molar-refractivity contribution is 5.95. The van der Waals surface area contributed by atoms with Crippen LogP contribution in [0, 0.1) is 22.7 Å². The lowest BCUT2D eigenvalue weighted by Crippen LogP contribution is -2.49. The summed E-state index contributed by atoms with van der Waals surface area (Å²) in [7, 11) is 1.33. The van der Waals surface area contributed by atoms with Gasteiger partial charge in [-0.1, -0.05) is 39.3 Å². The summed E-state index contributed by atoms with van der Waals surface area (Å²) in [5.41, 5.74) is 1.68. The third kappa shape index (κ3) is 3.13. The molecular formula is C19H30O3. The van der Waals surface area contributed by atoms with Crippen molar-refractivity contribution < 1.29 is 14.3 Å². The molecule has 0 aromatic rings. The molecule has 0 heterocycles. The van der Waals surface area contributed by atoms with Crippen molar-refractivity contribution in [2.45, 2.75) is 65.7 Å². The van der Waals surface area contributed by atoms with Crippen LogP contribution < -0.4 is 0 Å². The topological polar surface area (TPSA) is 43.4 Å². The van der Waals surface area contributed by atoms with E-state index in [2.05, 4.69) is 32.1 Å². The highest BCUT2D eigenvalue weighted by Crippen LogP contribution is 2.61. The largest absolute Gasteiger partial charge is 0.469 e. The van der Waals surface area contributed by atoms with E-state index in [9.17, 15) is 9.59 Å². The molecule has 2 rings (SSSR count). The van der Waals surface area contributed by atoms with E-state index in [0.29, 0.717) is 17.8 Å². The lowest BCUT2D eigenvalue weighted by Gasteiger charge is -2.58. The van der Waals surface area contributed by atoms with Gasteiger partial charge in [-0.15, -0.1) is 0 Å². The van der Waals surface area contributed by atoms with Gasteiger partial charge in [0.2, 0.25) is 0 Å². The zero-order valence-electron chi connectivity index (χ0n) is 14.5. The van der Waals surface area contributed by atoms with Crippen LogP contribution in [0.5, 0.6) is 0 Å². The first kappa shape index (κ1) is 17.2. The molecule has 2 fully saturated rings. The standard InChI is InChI=1S/C19H30O3/c1-13-7-8-16-18(2,3)9-6-10-19(16,4)15(13)11-14(20)12-17(21)22-5/h15-16H,1,6-12H2,2-5H3/t15-,16-,19+/m0/s1. The van der Waals surface area contributed by atoms with Crippen molar-refractivity contribution in [3.63, 3.8) is 0 Å². The van der Waals surface area contributed by atoms with Gasteiger partial charge in [-0.2, -0.15) is 0 Å². The van der Waals surface area contributed by atoms with Crippen LogP contribution in [0.4, 0.5) is 0 Å². The molecule has 0 spiro atoms. The molecule has 0 amide bonds. The lowest BCUT2D eigenvalue weighted by molar-refractivity contribution is -0.144. The Hall–Kier alpha value is -1.12. The highest BCUT2D eigenvalue weighted by Gasteiger charge is 2.53. The zero-order chi connectivity index (χ0) is 16.5. The Morgan fingerprint density at radius 2 is 1.95 bits per heavy atom. The molecule has 2 aliphatic rings. The Morgan fingerprint density at radius 3 is 2.59 bits per heavy atom. The number of methoxy groups -OCH3 is 1. The number of ether oxygens (including phenoxy) is 1. The minimum atomic E-state index is -0.433. The number of Topliss-reactive ketones (excluding diaryl/α,β-unsaturated/α-hetero) is 1. The van der Waals surface area contributed by atoms with Gasteiger partial charge in [0.25, 0.3) is 0 Å². The Bertz CT molecular complexity index is 477. The van der Waals surface area contributed by atoms with E-state index >= 15 is 0 Å². The van der Waals surface area contributed by atoms with Crippen LogP contribution in [-0.4, -0.2) is 18.9 Å². The Kier molecular flexibility index (Phi) is 4.84. The monoisotopic (exact) mass is 306 g/mol. The van der Waals surface area contributed by atoms with Crippen molar-refractivity contribution in [1.82, 2.24) is 0 Å². The van der Waals surface area contributed by atoms with Gasteiger partial charge in [-0.25, -0.2) is 0 Å². The highest BCUT2D eigenvalue weighted by atomic mass is 16.5. The van der Waals surface area contributed by atoms with Gasteiger partial charge in [-0.3, -0.25) is 9.59 Å². The second kappa shape index (κ2) is 6.17. The van der Waals surface area contributed by atoms with E-state index in [1.165, 1.54) is 31.9 Å². The fourth-order valence-corrected chi connectivity index (χ4v) is 5.18. The summed E-state index contributed by atoms with van der Waals surface area (Å²) in [4.78, 5) is 23.6. The predicted octanol–water partition coefficient (Wildman–Crippen LogP) is 4.31. The molecule has 3 atom stereocenters. The van der Waals surface area contributed by atoms with E-state index < -0.39 is 5.97 Å². The third-order valence-corrected chi connectivity index (χ3v) is 6.32. The Morgan fingerprint density at radius 1 is 1.27 bits per heavy atom. The predicted molar refractivity (Wildman–Crippen MR) is 87.4 cm³/mol. The van der Waals surface area contributed by atoms with Crippen LogP contribution in [0.25, 0.3) is 0 Å². The van der Waals surface area contributed by atoms with Crippen molar-refractivity contribution in [3.05, 3.63) is 12.2 Å². The normalized spacial score (nSPS) is 33.9. The second-order valence-electron chi connectivity index (χ2n) is 8.15. The molecule has 124 valence electrons. The van der Waals surface area contributed by atoms with Crippen LogP contribution in [0.3, 0.4) is 0 Å². The van der Waals surface area contributed by atoms with E-state index in [1.54, 1.807) is 0 Å². The molecule has 3 nitrogen and oxygen atoms in total. The number of esters is 1. The Labute approximate surface area is 134 Å². The van der Waals surface area contributed by atoms with Crippen molar-refractivity contribution in [2.75, 3.05) is 7.11 Å². The molecule has 0 unspecified atom stereocenters. The molecule has 3 heteroatoms. The van der Waals surface area contributed by atoms with Gasteiger partial charge < -0.3 is 4.74 Å². The third-order valence-electron chi connectivity index (χ3n) is 6.32. The molecule has 0 aromatic heterocycles. The number of carbonyl (C=O) groups is 2. The van der Waals surface area contributed by atoms with Gasteiger partial charge in [-0.05, 0) is 48.3 Å². The van der Waals surface area contributed by atoms with Gasteiger partial charge in [0.15, 0.2) is 0 Å². The zero-order valence-corrected chi connectivity index (χ0v) is 14.5. The number of hydrogen-bond donors (Lipinski definition) is 0. The summed E-state index contributed by atoms with van der Waals surface area (Å²) in [5.74, 6) is 0.401. The molecule has 22 heavy (non-hydrogen) atoms. The van der Waals surface area contributed by atoms with Crippen molar-refractivity contribution in [3.8, 4) is 0 Å². The van der Waals surface area contributed by atoms with Crippen LogP contribution in [0.15, 0.2) is 12.2 Å². The smallest absolute Gasteiger partial charge is 0.313 e. The maximum Gasteiger partial charge on any atom is 0.313 e. The first-order chi connectivity index (χ1) is 10.2.